The number of pyridine rings is 1. The van der Waals surface area contributed by atoms with Gasteiger partial charge in [0.25, 0.3) is 0 Å². The zero-order chi connectivity index (χ0) is 15.1. The lowest BCUT2D eigenvalue weighted by atomic mass is 10.1. The summed E-state index contributed by atoms with van der Waals surface area (Å²) in [6.07, 6.45) is -4.73. The van der Waals surface area contributed by atoms with E-state index in [4.69, 9.17) is 11.6 Å². The first-order valence-electron chi connectivity index (χ1n) is 5.09. The number of alkyl halides is 3. The van der Waals surface area contributed by atoms with Crippen LogP contribution in [0.25, 0.3) is 11.3 Å². The standard InChI is InChI=1S/C12H4ClF6N/c13-9-4-5(12(17,18)19)3-8(20-9)6-1-2-7(14)11(16)10(6)15/h1-4H. The number of rotatable bonds is 1. The predicted molar refractivity (Wildman–Crippen MR) is 59.6 cm³/mol. The van der Waals surface area contributed by atoms with Crippen molar-refractivity contribution in [3.8, 4) is 11.3 Å². The Morgan fingerprint density at radius 1 is 0.950 bits per heavy atom. The van der Waals surface area contributed by atoms with Crippen molar-refractivity contribution in [3.63, 3.8) is 0 Å². The maximum absolute atomic E-state index is 13.5. The highest BCUT2D eigenvalue weighted by molar-refractivity contribution is 6.29. The Balaban J connectivity index is 2.65. The summed E-state index contributed by atoms with van der Waals surface area (Å²) in [6, 6.07) is 2.42. The number of hydrogen-bond donors (Lipinski definition) is 0. The van der Waals surface area contributed by atoms with E-state index in [-0.39, 0.29) is 0 Å². The Kier molecular flexibility index (Phi) is 3.64. The van der Waals surface area contributed by atoms with Gasteiger partial charge in [0.05, 0.1) is 11.3 Å². The summed E-state index contributed by atoms with van der Waals surface area (Å²) in [5, 5.41) is -0.543. The third-order valence-corrected chi connectivity index (χ3v) is 2.63. The fraction of sp³-hybridized carbons (Fsp3) is 0.0833. The van der Waals surface area contributed by atoms with Crippen LogP contribution in [0.5, 0.6) is 0 Å². The maximum atomic E-state index is 13.5. The van der Waals surface area contributed by atoms with Crippen LogP contribution in [0.4, 0.5) is 26.3 Å². The van der Waals surface area contributed by atoms with Crippen molar-refractivity contribution in [2.45, 2.75) is 6.18 Å². The Labute approximate surface area is 113 Å². The van der Waals surface area contributed by atoms with Crippen LogP contribution in [-0.4, -0.2) is 4.98 Å². The quantitative estimate of drug-likeness (QED) is 0.417. The average molecular weight is 312 g/mol. The fourth-order valence-corrected chi connectivity index (χ4v) is 1.73. The van der Waals surface area contributed by atoms with Crippen molar-refractivity contribution >= 4 is 11.6 Å². The highest BCUT2D eigenvalue weighted by Gasteiger charge is 2.32. The summed E-state index contributed by atoms with van der Waals surface area (Å²) < 4.78 is 77.2. The number of benzene rings is 1. The number of nitrogens with zero attached hydrogens (tertiary/aromatic N) is 1. The molecule has 1 aromatic heterocycles. The van der Waals surface area contributed by atoms with Gasteiger partial charge in [0, 0.05) is 5.56 Å². The highest BCUT2D eigenvalue weighted by atomic mass is 35.5. The molecule has 0 unspecified atom stereocenters. The first-order valence-corrected chi connectivity index (χ1v) is 5.46. The van der Waals surface area contributed by atoms with E-state index in [9.17, 15) is 26.3 Å². The highest BCUT2D eigenvalue weighted by Crippen LogP contribution is 2.34. The van der Waals surface area contributed by atoms with E-state index >= 15 is 0 Å². The van der Waals surface area contributed by atoms with Crippen molar-refractivity contribution in [1.82, 2.24) is 4.98 Å². The molecule has 8 heteroatoms. The lowest BCUT2D eigenvalue weighted by molar-refractivity contribution is -0.137. The molecule has 0 aliphatic rings. The zero-order valence-corrected chi connectivity index (χ0v) is 10.2. The Hall–Kier alpha value is -1.76. The molecular weight excluding hydrogens is 308 g/mol. The third kappa shape index (κ3) is 2.72. The minimum Gasteiger partial charge on any atom is -0.236 e. The van der Waals surface area contributed by atoms with E-state index in [1.165, 1.54) is 0 Å². The molecule has 2 rings (SSSR count). The molecule has 0 radical (unpaired) electrons. The first-order chi connectivity index (χ1) is 9.20. The molecule has 2 aromatic rings. The second-order valence-corrected chi connectivity index (χ2v) is 4.17. The van der Waals surface area contributed by atoms with Gasteiger partial charge in [0.2, 0.25) is 0 Å². The number of hydrogen-bond acceptors (Lipinski definition) is 1. The predicted octanol–water partition coefficient (Wildman–Crippen LogP) is 4.84. The molecule has 0 aliphatic heterocycles. The van der Waals surface area contributed by atoms with Crippen molar-refractivity contribution in [3.05, 3.63) is 52.4 Å². The second kappa shape index (κ2) is 4.97. The summed E-state index contributed by atoms with van der Waals surface area (Å²) in [5.74, 6) is -4.88. The van der Waals surface area contributed by atoms with Crippen LogP contribution >= 0.6 is 11.6 Å². The lowest BCUT2D eigenvalue weighted by Crippen LogP contribution is -2.06. The van der Waals surface area contributed by atoms with Gasteiger partial charge < -0.3 is 0 Å². The third-order valence-electron chi connectivity index (χ3n) is 2.43. The van der Waals surface area contributed by atoms with Crippen molar-refractivity contribution in [1.29, 1.82) is 0 Å². The molecule has 1 aromatic carbocycles. The Morgan fingerprint density at radius 2 is 1.60 bits per heavy atom. The van der Waals surface area contributed by atoms with Gasteiger partial charge in [0.15, 0.2) is 17.5 Å². The molecule has 20 heavy (non-hydrogen) atoms. The van der Waals surface area contributed by atoms with Crippen LogP contribution in [0.2, 0.25) is 5.15 Å². The fourth-order valence-electron chi connectivity index (χ4n) is 1.52. The molecule has 1 heterocycles. The van der Waals surface area contributed by atoms with Gasteiger partial charge in [-0.3, -0.25) is 0 Å². The lowest BCUT2D eigenvalue weighted by Gasteiger charge is -2.10. The Bertz CT molecular complexity index is 668. The Morgan fingerprint density at radius 3 is 2.20 bits per heavy atom. The zero-order valence-electron chi connectivity index (χ0n) is 9.40. The van der Waals surface area contributed by atoms with Gasteiger partial charge >= 0.3 is 6.18 Å². The van der Waals surface area contributed by atoms with Crippen LogP contribution in [0.15, 0.2) is 24.3 Å². The first kappa shape index (κ1) is 14.6. The molecule has 0 spiro atoms. The van der Waals surface area contributed by atoms with Gasteiger partial charge in [-0.05, 0) is 24.3 Å². The van der Waals surface area contributed by atoms with Crippen molar-refractivity contribution in [2.24, 2.45) is 0 Å². The van der Waals surface area contributed by atoms with Gasteiger partial charge in [-0.2, -0.15) is 13.2 Å². The van der Waals surface area contributed by atoms with E-state index < -0.39 is 45.6 Å². The summed E-state index contributed by atoms with van der Waals surface area (Å²) in [4.78, 5) is 3.49. The van der Waals surface area contributed by atoms with Crippen LogP contribution < -0.4 is 0 Å². The van der Waals surface area contributed by atoms with E-state index in [1.807, 2.05) is 0 Å². The molecule has 0 atom stereocenters. The molecule has 0 aliphatic carbocycles. The largest absolute Gasteiger partial charge is 0.416 e. The molecule has 0 saturated carbocycles. The SMILES string of the molecule is Fc1ccc(-c2cc(C(F)(F)F)cc(Cl)n2)c(F)c1F. The molecule has 0 bridgehead atoms. The average Bonchev–Trinajstić information content (AvgIpc) is 2.34. The topological polar surface area (TPSA) is 12.9 Å². The normalized spacial score (nSPS) is 11.8. The summed E-state index contributed by atoms with van der Waals surface area (Å²) >= 11 is 5.43. The maximum Gasteiger partial charge on any atom is 0.416 e. The van der Waals surface area contributed by atoms with Gasteiger partial charge in [-0.25, -0.2) is 18.2 Å². The number of aromatic nitrogens is 1. The van der Waals surface area contributed by atoms with Gasteiger partial charge in [-0.15, -0.1) is 0 Å². The van der Waals surface area contributed by atoms with E-state index in [0.717, 1.165) is 6.07 Å². The van der Waals surface area contributed by atoms with E-state index in [2.05, 4.69) is 4.98 Å². The van der Waals surface area contributed by atoms with Gasteiger partial charge in [-0.1, -0.05) is 11.6 Å². The monoisotopic (exact) mass is 311 g/mol. The summed E-state index contributed by atoms with van der Waals surface area (Å²) in [7, 11) is 0. The van der Waals surface area contributed by atoms with E-state index in [0.29, 0.717) is 18.2 Å². The second-order valence-electron chi connectivity index (χ2n) is 3.78. The van der Waals surface area contributed by atoms with Gasteiger partial charge in [0.1, 0.15) is 5.15 Å². The minimum absolute atomic E-state index is 0.502. The molecule has 1 nitrogen and oxygen atoms in total. The molecule has 0 fully saturated rings. The molecule has 106 valence electrons. The van der Waals surface area contributed by atoms with Crippen LogP contribution in [-0.2, 0) is 6.18 Å². The van der Waals surface area contributed by atoms with E-state index in [1.54, 1.807) is 0 Å². The molecule has 0 amide bonds. The molecule has 0 saturated heterocycles. The molecular formula is C12H4ClF6N. The van der Waals surface area contributed by atoms with Crippen LogP contribution in [0, 0.1) is 17.5 Å². The minimum atomic E-state index is -4.73. The van der Waals surface area contributed by atoms with Crippen LogP contribution in [0.1, 0.15) is 5.56 Å². The van der Waals surface area contributed by atoms with Crippen LogP contribution in [0.3, 0.4) is 0 Å². The number of halogens is 7. The van der Waals surface area contributed by atoms with Crippen molar-refractivity contribution in [2.75, 3.05) is 0 Å². The molecule has 0 N–H and O–H groups in total. The smallest absolute Gasteiger partial charge is 0.236 e. The summed E-state index contributed by atoms with van der Waals surface area (Å²) in [5.41, 5.74) is -2.32. The van der Waals surface area contributed by atoms with Crippen molar-refractivity contribution < 1.29 is 26.3 Å². The summed E-state index contributed by atoms with van der Waals surface area (Å²) in [6.45, 7) is 0.